The van der Waals surface area contributed by atoms with Gasteiger partial charge < -0.3 is 4.74 Å². The molecule has 1 aliphatic heterocycles. The van der Waals surface area contributed by atoms with E-state index >= 15 is 0 Å². The largest absolute Gasteiger partial charge is 0.373 e. The van der Waals surface area contributed by atoms with Crippen molar-refractivity contribution in [2.45, 2.75) is 26.0 Å². The van der Waals surface area contributed by atoms with Crippen LogP contribution in [0, 0.1) is 13.8 Å². The minimum Gasteiger partial charge on any atom is -0.373 e. The molecule has 0 bridgehead atoms. The van der Waals surface area contributed by atoms with Gasteiger partial charge in [0.2, 0.25) is 0 Å². The predicted octanol–water partition coefficient (Wildman–Crippen LogP) is 3.87. The van der Waals surface area contributed by atoms with Crippen LogP contribution in [0.25, 0.3) is 0 Å². The molecule has 0 aromatic heterocycles. The van der Waals surface area contributed by atoms with Crippen LogP contribution < -0.4 is 5.01 Å². The van der Waals surface area contributed by atoms with Gasteiger partial charge in [0, 0.05) is 7.11 Å². The maximum absolute atomic E-state index is 5.59. The van der Waals surface area contributed by atoms with Crippen LogP contribution in [-0.2, 0) is 4.74 Å². The lowest BCUT2D eigenvalue weighted by atomic mass is 10.0. The molecule has 2 aromatic carbocycles. The Balaban J connectivity index is 1.97. The Morgan fingerprint density at radius 3 is 2.05 bits per heavy atom. The maximum atomic E-state index is 5.59. The van der Waals surface area contributed by atoms with Crippen molar-refractivity contribution < 1.29 is 4.74 Å². The van der Waals surface area contributed by atoms with Crippen molar-refractivity contribution in [2.24, 2.45) is 5.10 Å². The van der Waals surface area contributed by atoms with E-state index in [0.29, 0.717) is 0 Å². The van der Waals surface area contributed by atoms with Crippen LogP contribution in [0.1, 0.15) is 22.7 Å². The van der Waals surface area contributed by atoms with Crippen LogP contribution in [0.15, 0.2) is 53.6 Å². The van der Waals surface area contributed by atoms with E-state index in [2.05, 4.69) is 67.5 Å². The summed E-state index contributed by atoms with van der Waals surface area (Å²) >= 11 is 0. The van der Waals surface area contributed by atoms with E-state index in [-0.39, 0.29) is 12.1 Å². The van der Waals surface area contributed by atoms with Crippen LogP contribution in [0.2, 0.25) is 0 Å². The van der Waals surface area contributed by atoms with E-state index in [4.69, 9.17) is 4.74 Å². The van der Waals surface area contributed by atoms with Crippen molar-refractivity contribution in [3.63, 3.8) is 0 Å². The standard InChI is InChI=1S/C18H20N2O/c1-13-4-8-15(9-5-13)18-17(21-3)12-19-20(18)16-10-6-14(2)7-11-16/h4-12,17-18H,1-3H3. The SMILES string of the molecule is COC1C=NN(c2ccc(C)cc2)C1c1ccc(C)cc1. The van der Waals surface area contributed by atoms with Crippen LogP contribution >= 0.6 is 0 Å². The number of aryl methyl sites for hydroxylation is 2. The first kappa shape index (κ1) is 13.8. The molecule has 1 heterocycles. The molecule has 108 valence electrons. The Labute approximate surface area is 125 Å². The van der Waals surface area contributed by atoms with Gasteiger partial charge in [-0.25, -0.2) is 0 Å². The van der Waals surface area contributed by atoms with Crippen molar-refractivity contribution in [1.82, 2.24) is 0 Å². The van der Waals surface area contributed by atoms with Gasteiger partial charge in [-0.15, -0.1) is 0 Å². The van der Waals surface area contributed by atoms with Crippen LogP contribution in [0.4, 0.5) is 5.69 Å². The fourth-order valence-electron chi connectivity index (χ4n) is 2.64. The van der Waals surface area contributed by atoms with E-state index in [1.165, 1.54) is 16.7 Å². The molecule has 1 aliphatic rings. The van der Waals surface area contributed by atoms with Crippen molar-refractivity contribution in [3.05, 3.63) is 65.2 Å². The summed E-state index contributed by atoms with van der Waals surface area (Å²) in [5.74, 6) is 0. The van der Waals surface area contributed by atoms with Crippen molar-refractivity contribution in [3.8, 4) is 0 Å². The van der Waals surface area contributed by atoms with E-state index in [1.54, 1.807) is 7.11 Å². The Kier molecular flexibility index (Phi) is 3.76. The van der Waals surface area contributed by atoms with E-state index in [1.807, 2.05) is 11.2 Å². The van der Waals surface area contributed by atoms with Gasteiger partial charge in [0.05, 0.1) is 11.9 Å². The van der Waals surface area contributed by atoms with Gasteiger partial charge in [-0.05, 0) is 31.5 Å². The highest BCUT2D eigenvalue weighted by molar-refractivity contribution is 5.73. The van der Waals surface area contributed by atoms with Gasteiger partial charge in [0.25, 0.3) is 0 Å². The van der Waals surface area contributed by atoms with Crippen LogP contribution in [0.5, 0.6) is 0 Å². The fraction of sp³-hybridized carbons (Fsp3) is 0.278. The molecular weight excluding hydrogens is 260 g/mol. The highest BCUT2D eigenvalue weighted by Crippen LogP contribution is 2.34. The molecule has 0 spiro atoms. The van der Waals surface area contributed by atoms with Gasteiger partial charge in [-0.1, -0.05) is 47.5 Å². The maximum Gasteiger partial charge on any atom is 0.120 e. The van der Waals surface area contributed by atoms with E-state index < -0.39 is 0 Å². The Morgan fingerprint density at radius 1 is 0.905 bits per heavy atom. The van der Waals surface area contributed by atoms with Gasteiger partial charge in [0.1, 0.15) is 12.1 Å². The number of hydrazone groups is 1. The molecule has 0 N–H and O–H groups in total. The summed E-state index contributed by atoms with van der Waals surface area (Å²) < 4.78 is 5.59. The summed E-state index contributed by atoms with van der Waals surface area (Å²) in [6.45, 7) is 4.19. The van der Waals surface area contributed by atoms with Crippen LogP contribution in [-0.4, -0.2) is 19.4 Å². The third-order valence-corrected chi connectivity index (χ3v) is 3.90. The molecule has 3 nitrogen and oxygen atoms in total. The molecule has 0 saturated carbocycles. The van der Waals surface area contributed by atoms with Gasteiger partial charge in [-0.2, -0.15) is 5.10 Å². The second-order valence-corrected chi connectivity index (χ2v) is 5.50. The summed E-state index contributed by atoms with van der Waals surface area (Å²) in [7, 11) is 1.73. The first-order chi connectivity index (χ1) is 10.2. The molecule has 21 heavy (non-hydrogen) atoms. The molecule has 3 rings (SSSR count). The lowest BCUT2D eigenvalue weighted by Gasteiger charge is -2.27. The third-order valence-electron chi connectivity index (χ3n) is 3.90. The molecule has 2 unspecified atom stereocenters. The zero-order valence-corrected chi connectivity index (χ0v) is 12.7. The summed E-state index contributed by atoms with van der Waals surface area (Å²) in [6, 6.07) is 17.1. The van der Waals surface area contributed by atoms with Gasteiger partial charge in [-0.3, -0.25) is 5.01 Å². The molecule has 0 amide bonds. The molecule has 2 aromatic rings. The minimum absolute atomic E-state index is 0.0333. The first-order valence-electron chi connectivity index (χ1n) is 7.18. The molecule has 0 aliphatic carbocycles. The average Bonchev–Trinajstić information content (AvgIpc) is 2.93. The topological polar surface area (TPSA) is 24.8 Å². The third kappa shape index (κ3) is 2.69. The normalized spacial score (nSPS) is 21.0. The number of anilines is 1. The summed E-state index contributed by atoms with van der Waals surface area (Å²) in [6.07, 6.45) is 1.85. The van der Waals surface area contributed by atoms with Gasteiger partial charge in [0.15, 0.2) is 0 Å². The molecule has 0 saturated heterocycles. The lowest BCUT2D eigenvalue weighted by Crippen LogP contribution is -2.28. The smallest absolute Gasteiger partial charge is 0.120 e. The fourth-order valence-corrected chi connectivity index (χ4v) is 2.64. The van der Waals surface area contributed by atoms with Crippen molar-refractivity contribution >= 4 is 11.9 Å². The summed E-state index contributed by atoms with van der Waals surface area (Å²) in [4.78, 5) is 0. The Morgan fingerprint density at radius 2 is 1.48 bits per heavy atom. The van der Waals surface area contributed by atoms with Gasteiger partial charge >= 0.3 is 0 Å². The molecule has 3 heteroatoms. The zero-order valence-electron chi connectivity index (χ0n) is 12.7. The molecule has 0 radical (unpaired) electrons. The summed E-state index contributed by atoms with van der Waals surface area (Å²) in [5, 5.41) is 6.59. The van der Waals surface area contributed by atoms with E-state index in [9.17, 15) is 0 Å². The number of hydrogen-bond donors (Lipinski definition) is 0. The molecule has 0 fully saturated rings. The second-order valence-electron chi connectivity index (χ2n) is 5.50. The van der Waals surface area contributed by atoms with Crippen molar-refractivity contribution in [1.29, 1.82) is 0 Å². The molecule has 2 atom stereocenters. The number of hydrogen-bond acceptors (Lipinski definition) is 3. The number of benzene rings is 2. The monoisotopic (exact) mass is 280 g/mol. The summed E-state index contributed by atoms with van der Waals surface area (Å²) in [5.41, 5.74) is 4.80. The number of nitrogens with zero attached hydrogens (tertiary/aromatic N) is 2. The highest BCUT2D eigenvalue weighted by Gasteiger charge is 2.33. The van der Waals surface area contributed by atoms with Crippen molar-refractivity contribution in [2.75, 3.05) is 12.1 Å². The number of methoxy groups -OCH3 is 1. The quantitative estimate of drug-likeness (QED) is 0.852. The Hall–Kier alpha value is -2.13. The first-order valence-corrected chi connectivity index (χ1v) is 7.18. The van der Waals surface area contributed by atoms with Crippen LogP contribution in [0.3, 0.4) is 0 Å². The zero-order chi connectivity index (χ0) is 14.8. The Bertz CT molecular complexity index is 631. The van der Waals surface area contributed by atoms with E-state index in [0.717, 1.165) is 5.69 Å². The number of ether oxygens (including phenoxy) is 1. The second kappa shape index (κ2) is 5.70. The molecular formula is C18H20N2O. The average molecular weight is 280 g/mol. The number of rotatable bonds is 3. The minimum atomic E-state index is -0.0333. The predicted molar refractivity (Wildman–Crippen MR) is 86.9 cm³/mol. The lowest BCUT2D eigenvalue weighted by molar-refractivity contribution is 0.142. The highest BCUT2D eigenvalue weighted by atomic mass is 16.5.